The number of anilines is 2. The zero-order valence-corrected chi connectivity index (χ0v) is 27.5. The number of phosphoric acid groups is 2. The van der Waals surface area contributed by atoms with E-state index in [4.69, 9.17) is 20.5 Å². The van der Waals surface area contributed by atoms with Crippen LogP contribution in [0.5, 0.6) is 0 Å². The Morgan fingerprint density at radius 2 is 1.16 bits per heavy atom. The molecule has 0 saturated carbocycles. The van der Waals surface area contributed by atoms with Gasteiger partial charge in [0.2, 0.25) is 11.0 Å². The van der Waals surface area contributed by atoms with E-state index in [1.165, 1.54) is 22.7 Å². The largest absolute Gasteiger partial charge is 0.481 e. The summed E-state index contributed by atoms with van der Waals surface area (Å²) in [5, 5.41) is 0. The number of rotatable bonds is 14. The molecule has 0 spiro atoms. The zero-order valence-electron chi connectivity index (χ0n) is 24.0. The summed E-state index contributed by atoms with van der Waals surface area (Å²) in [6.07, 6.45) is 3.89. The lowest BCUT2D eigenvalue weighted by atomic mass is 10.2. The van der Waals surface area contributed by atoms with Crippen molar-refractivity contribution >= 4 is 50.0 Å². The molecule has 0 fully saturated rings. The van der Waals surface area contributed by atoms with Crippen LogP contribution >= 0.6 is 38.3 Å². The molecule has 4 aromatic heterocycles. The van der Waals surface area contributed by atoms with Crippen LogP contribution in [0.4, 0.5) is 11.6 Å². The minimum Gasteiger partial charge on any atom is -0.383 e. The summed E-state index contributed by atoms with van der Waals surface area (Å²) in [7, 11) is -9.78. The highest BCUT2D eigenvalue weighted by atomic mass is 32.1. The van der Waals surface area contributed by atoms with Crippen LogP contribution in [-0.2, 0) is 48.4 Å². The predicted octanol–water partition coefficient (Wildman–Crippen LogP) is 2.50. The molecule has 232 valence electrons. The molecule has 0 radical (unpaired) electrons. The summed E-state index contributed by atoms with van der Waals surface area (Å²) in [6.45, 7) is 7.78. The van der Waals surface area contributed by atoms with Gasteiger partial charge in [-0.1, -0.05) is 22.7 Å². The van der Waals surface area contributed by atoms with Crippen LogP contribution in [0.1, 0.15) is 43.9 Å². The van der Waals surface area contributed by atoms with Gasteiger partial charge in [-0.05, 0) is 13.8 Å². The van der Waals surface area contributed by atoms with E-state index in [2.05, 4.69) is 24.2 Å². The highest BCUT2D eigenvalue weighted by Gasteiger charge is 2.35. The number of hydrogen-bond acceptors (Lipinski definition) is 13. The highest BCUT2D eigenvalue weighted by molar-refractivity contribution is 7.61. The number of thiazole rings is 2. The second kappa shape index (κ2) is 13.9. The standard InChI is InChI=1S/C24H32N8O7P2S2/c1-15-21(42-13-31(15)11-19-9-27-17(3)29-23(19)25)5-7-37-40(33,34)39-41(35,36)38-8-6-22-16(2)32(14-43-22)12-20-10-28-18(4)30-24(20)26/h9-10,13-14H,5-8,11-12H2,1-4H3,(H4-2,25,26,27,28,29,30,33,34,35,36)/p+2. The van der Waals surface area contributed by atoms with Gasteiger partial charge in [0.05, 0.1) is 34.1 Å². The van der Waals surface area contributed by atoms with E-state index in [9.17, 15) is 18.9 Å². The van der Waals surface area contributed by atoms with Crippen molar-refractivity contribution in [2.45, 2.75) is 53.6 Å². The van der Waals surface area contributed by atoms with Crippen LogP contribution in [-0.4, -0.2) is 42.9 Å². The summed E-state index contributed by atoms with van der Waals surface area (Å²) >= 11 is 2.86. The van der Waals surface area contributed by atoms with Crippen LogP contribution in [0.15, 0.2) is 23.4 Å². The van der Waals surface area contributed by atoms with Gasteiger partial charge in [-0.15, -0.1) is 0 Å². The predicted molar refractivity (Wildman–Crippen MR) is 159 cm³/mol. The van der Waals surface area contributed by atoms with Gasteiger partial charge >= 0.3 is 15.6 Å². The molecule has 0 aliphatic carbocycles. The van der Waals surface area contributed by atoms with Crippen LogP contribution < -0.4 is 20.6 Å². The summed E-state index contributed by atoms with van der Waals surface area (Å²) < 4.78 is 43.1. The molecule has 4 aromatic rings. The number of aryl methyl sites for hydroxylation is 2. The first kappa shape index (κ1) is 33.2. The number of nitrogens with two attached hydrogens (primary N) is 2. The van der Waals surface area contributed by atoms with Crippen molar-refractivity contribution in [1.29, 1.82) is 0 Å². The second-order valence-corrected chi connectivity index (χ2v) is 14.5. The van der Waals surface area contributed by atoms with E-state index in [-0.39, 0.29) is 26.1 Å². The summed E-state index contributed by atoms with van der Waals surface area (Å²) in [4.78, 5) is 38.6. The topological polar surface area (TPSA) is 214 Å². The molecule has 2 atom stereocenters. The van der Waals surface area contributed by atoms with Crippen molar-refractivity contribution in [1.82, 2.24) is 19.9 Å². The lowest BCUT2D eigenvalue weighted by molar-refractivity contribution is -0.689. The maximum atomic E-state index is 12.4. The smallest absolute Gasteiger partial charge is 0.383 e. The maximum Gasteiger partial charge on any atom is 0.481 e. The number of aromatic nitrogens is 6. The number of nitrogens with zero attached hydrogens (tertiary/aromatic N) is 6. The molecule has 0 saturated heterocycles. The average molecular weight is 673 g/mol. The SMILES string of the molecule is Cc1ncc(C[n+]2csc(CCOP(=O)(O)OP(=O)(O)OCCc3sc[n+](Cc4cnc(C)nc4N)c3C)c2C)c(N)n1. The summed E-state index contributed by atoms with van der Waals surface area (Å²) in [5.74, 6) is 1.97. The van der Waals surface area contributed by atoms with Gasteiger partial charge < -0.3 is 21.3 Å². The first-order valence-corrected chi connectivity index (χ1v) is 17.7. The molecule has 4 rings (SSSR count). The molecule has 19 heteroatoms. The van der Waals surface area contributed by atoms with E-state index >= 15 is 0 Å². The van der Waals surface area contributed by atoms with Gasteiger partial charge in [0.25, 0.3) is 0 Å². The number of nitrogen functional groups attached to an aromatic ring is 2. The summed E-state index contributed by atoms with van der Waals surface area (Å²) in [6, 6.07) is 0. The normalized spacial score (nSPS) is 14.5. The number of phosphoric ester groups is 2. The minimum atomic E-state index is -4.89. The van der Waals surface area contributed by atoms with E-state index in [1.807, 2.05) is 34.0 Å². The Bertz CT molecular complexity index is 1580. The van der Waals surface area contributed by atoms with Gasteiger partial charge in [0, 0.05) is 39.1 Å². The Morgan fingerprint density at radius 3 is 1.53 bits per heavy atom. The van der Waals surface area contributed by atoms with Crippen LogP contribution in [0, 0.1) is 27.7 Å². The molecular weight excluding hydrogens is 638 g/mol. The maximum absolute atomic E-state index is 12.4. The lowest BCUT2D eigenvalue weighted by Crippen LogP contribution is -2.35. The van der Waals surface area contributed by atoms with Crippen molar-refractivity contribution in [2.24, 2.45) is 0 Å². The molecule has 0 amide bonds. The van der Waals surface area contributed by atoms with E-state index in [1.54, 1.807) is 26.2 Å². The van der Waals surface area contributed by atoms with E-state index in [0.717, 1.165) is 32.3 Å². The lowest BCUT2D eigenvalue weighted by Gasteiger charge is -2.15. The van der Waals surface area contributed by atoms with Crippen molar-refractivity contribution in [3.63, 3.8) is 0 Å². The molecule has 0 aliphatic rings. The fraction of sp³-hybridized carbons (Fsp3) is 0.417. The molecular formula is C24H34N8O7P2S2+2. The van der Waals surface area contributed by atoms with Gasteiger partial charge in [-0.25, -0.2) is 29.1 Å². The molecule has 6 N–H and O–H groups in total. The fourth-order valence-corrected chi connectivity index (χ4v) is 8.03. The number of hydrogen-bond donors (Lipinski definition) is 4. The molecule has 0 aliphatic heterocycles. The molecule has 2 unspecified atom stereocenters. The van der Waals surface area contributed by atoms with Crippen molar-refractivity contribution < 1.29 is 41.4 Å². The second-order valence-electron chi connectivity index (χ2n) is 9.56. The minimum absolute atomic E-state index is 0.226. The van der Waals surface area contributed by atoms with E-state index < -0.39 is 15.6 Å². The Hall–Kier alpha value is -2.72. The Labute approximate surface area is 256 Å². The average Bonchev–Trinajstić information content (AvgIpc) is 3.43. The van der Waals surface area contributed by atoms with Crippen LogP contribution in [0.3, 0.4) is 0 Å². The molecule has 0 bridgehead atoms. The summed E-state index contributed by atoms with van der Waals surface area (Å²) in [5.41, 5.74) is 19.1. The Kier molecular flexibility index (Phi) is 10.7. The Balaban J connectivity index is 1.24. The third-order valence-corrected chi connectivity index (χ3v) is 11.4. The molecule has 15 nitrogen and oxygen atoms in total. The highest BCUT2D eigenvalue weighted by Crippen LogP contribution is 2.60. The van der Waals surface area contributed by atoms with E-state index in [0.29, 0.717) is 36.4 Å². The Morgan fingerprint density at radius 1 is 0.767 bits per heavy atom. The zero-order chi connectivity index (χ0) is 31.4. The first-order chi connectivity index (χ1) is 20.2. The fourth-order valence-electron chi connectivity index (χ4n) is 4.02. The van der Waals surface area contributed by atoms with Crippen molar-refractivity contribution in [2.75, 3.05) is 24.7 Å². The molecule has 4 heterocycles. The van der Waals surface area contributed by atoms with Gasteiger partial charge in [-0.2, -0.15) is 13.4 Å². The third-order valence-electron chi connectivity index (χ3n) is 6.40. The van der Waals surface area contributed by atoms with Gasteiger partial charge in [0.15, 0.2) is 24.5 Å². The van der Waals surface area contributed by atoms with Crippen LogP contribution in [0.2, 0.25) is 0 Å². The van der Waals surface area contributed by atoms with Gasteiger partial charge in [-0.3, -0.25) is 9.05 Å². The molecule has 43 heavy (non-hydrogen) atoms. The van der Waals surface area contributed by atoms with Crippen LogP contribution in [0.25, 0.3) is 0 Å². The van der Waals surface area contributed by atoms with Crippen molar-refractivity contribution in [3.8, 4) is 0 Å². The molecule has 0 aromatic carbocycles. The van der Waals surface area contributed by atoms with Gasteiger partial charge in [0.1, 0.15) is 23.3 Å². The first-order valence-electron chi connectivity index (χ1n) is 13.0. The monoisotopic (exact) mass is 672 g/mol. The quantitative estimate of drug-likeness (QED) is 0.112. The van der Waals surface area contributed by atoms with Crippen molar-refractivity contribution in [3.05, 3.63) is 67.3 Å². The third kappa shape index (κ3) is 9.14.